The largest absolute Gasteiger partial charge is 0.350 e. The van der Waals surface area contributed by atoms with Gasteiger partial charge in [0.15, 0.2) is 0 Å². The Kier molecular flexibility index (Phi) is 6.80. The number of sulfonamides is 1. The van der Waals surface area contributed by atoms with Crippen LogP contribution in [-0.2, 0) is 21.4 Å². The minimum atomic E-state index is -3.96. The topological polar surface area (TPSA) is 66.5 Å². The van der Waals surface area contributed by atoms with Crippen molar-refractivity contribution in [2.45, 2.75) is 25.3 Å². The molecule has 0 aromatic heterocycles. The maximum Gasteiger partial charge on any atom is 0.264 e. The molecule has 0 saturated carbocycles. The first-order valence-corrected chi connectivity index (χ1v) is 11.3. The molecule has 0 radical (unpaired) electrons. The van der Waals surface area contributed by atoms with E-state index in [4.69, 9.17) is 11.6 Å². The van der Waals surface area contributed by atoms with Crippen molar-refractivity contribution in [3.05, 3.63) is 94.5 Å². The maximum atomic E-state index is 13.4. The Bertz CT molecular complexity index is 1130. The number of amides is 1. The lowest BCUT2D eigenvalue weighted by molar-refractivity contribution is -0.119. The number of benzene rings is 3. The van der Waals surface area contributed by atoms with E-state index in [-0.39, 0.29) is 11.4 Å². The van der Waals surface area contributed by atoms with Crippen LogP contribution in [0.3, 0.4) is 0 Å². The average Bonchev–Trinajstić information content (AvgIpc) is 2.73. The van der Waals surface area contributed by atoms with Gasteiger partial charge >= 0.3 is 0 Å². The minimum Gasteiger partial charge on any atom is -0.350 e. The Hall–Kier alpha value is -2.83. The van der Waals surface area contributed by atoms with Gasteiger partial charge in [0.1, 0.15) is 6.54 Å². The number of aryl methyl sites for hydroxylation is 2. The van der Waals surface area contributed by atoms with Gasteiger partial charge in [-0.1, -0.05) is 65.7 Å². The first-order chi connectivity index (χ1) is 14.3. The van der Waals surface area contributed by atoms with Crippen LogP contribution in [0.15, 0.2) is 77.7 Å². The summed E-state index contributed by atoms with van der Waals surface area (Å²) in [6.07, 6.45) is 0. The highest BCUT2D eigenvalue weighted by molar-refractivity contribution is 7.92. The second-order valence-corrected chi connectivity index (χ2v) is 9.29. The monoisotopic (exact) mass is 442 g/mol. The maximum absolute atomic E-state index is 13.4. The van der Waals surface area contributed by atoms with Gasteiger partial charge in [0, 0.05) is 11.6 Å². The summed E-state index contributed by atoms with van der Waals surface area (Å²) in [6.45, 7) is 3.66. The van der Waals surface area contributed by atoms with Gasteiger partial charge in [0.25, 0.3) is 10.0 Å². The molecule has 3 aromatic carbocycles. The van der Waals surface area contributed by atoms with Crippen LogP contribution in [-0.4, -0.2) is 20.9 Å². The Labute approximate surface area is 182 Å². The molecule has 1 N–H and O–H groups in total. The van der Waals surface area contributed by atoms with E-state index in [1.807, 2.05) is 44.2 Å². The van der Waals surface area contributed by atoms with E-state index >= 15 is 0 Å². The van der Waals surface area contributed by atoms with E-state index in [0.717, 1.165) is 21.0 Å². The normalized spacial score (nSPS) is 11.2. The lowest BCUT2D eigenvalue weighted by Gasteiger charge is -2.24. The third-order valence-corrected chi connectivity index (χ3v) is 6.87. The Morgan fingerprint density at radius 1 is 0.967 bits per heavy atom. The van der Waals surface area contributed by atoms with Crippen molar-refractivity contribution >= 4 is 33.2 Å². The first kappa shape index (κ1) is 21.9. The molecule has 0 heterocycles. The number of anilines is 1. The van der Waals surface area contributed by atoms with E-state index in [9.17, 15) is 13.2 Å². The number of nitrogens with zero attached hydrogens (tertiary/aromatic N) is 1. The second kappa shape index (κ2) is 9.32. The van der Waals surface area contributed by atoms with Crippen LogP contribution in [0.25, 0.3) is 0 Å². The summed E-state index contributed by atoms with van der Waals surface area (Å²) >= 11 is 6.23. The van der Waals surface area contributed by atoms with Gasteiger partial charge in [-0.3, -0.25) is 9.10 Å². The van der Waals surface area contributed by atoms with Crippen LogP contribution in [0.2, 0.25) is 5.02 Å². The standard InChI is InChI=1S/C23H23ClN2O3S/c1-17-8-12-21(13-9-17)30(28,29)26(20-11-10-18(2)22(24)14-20)16-23(27)25-15-19-6-4-3-5-7-19/h3-14H,15-16H2,1-2H3,(H,25,27). The lowest BCUT2D eigenvalue weighted by atomic mass is 10.2. The second-order valence-electron chi connectivity index (χ2n) is 7.02. The Balaban J connectivity index is 1.90. The van der Waals surface area contributed by atoms with Gasteiger partial charge in [0.05, 0.1) is 10.6 Å². The van der Waals surface area contributed by atoms with Crippen LogP contribution in [0.5, 0.6) is 0 Å². The van der Waals surface area contributed by atoms with Gasteiger partial charge in [-0.25, -0.2) is 8.42 Å². The molecule has 1 amide bonds. The molecule has 0 aliphatic rings. The minimum absolute atomic E-state index is 0.112. The highest BCUT2D eigenvalue weighted by Crippen LogP contribution is 2.28. The third kappa shape index (κ3) is 5.20. The summed E-state index contributed by atoms with van der Waals surface area (Å²) in [5, 5.41) is 3.21. The number of halogens is 1. The molecule has 0 saturated heterocycles. The molecule has 30 heavy (non-hydrogen) atoms. The smallest absolute Gasteiger partial charge is 0.264 e. The zero-order chi connectivity index (χ0) is 21.7. The van der Waals surface area contributed by atoms with E-state index in [2.05, 4.69) is 5.32 Å². The summed E-state index contributed by atoms with van der Waals surface area (Å²) in [7, 11) is -3.96. The van der Waals surface area contributed by atoms with Gasteiger partial charge in [0.2, 0.25) is 5.91 Å². The molecule has 156 valence electrons. The molecule has 3 aromatic rings. The number of hydrogen-bond donors (Lipinski definition) is 1. The fraction of sp³-hybridized carbons (Fsp3) is 0.174. The quantitative estimate of drug-likeness (QED) is 0.587. The fourth-order valence-electron chi connectivity index (χ4n) is 2.87. The molecular weight excluding hydrogens is 420 g/mol. The fourth-order valence-corrected chi connectivity index (χ4v) is 4.46. The molecule has 0 atom stereocenters. The van der Waals surface area contributed by atoms with Crippen molar-refractivity contribution in [2.75, 3.05) is 10.8 Å². The van der Waals surface area contributed by atoms with Crippen LogP contribution in [0, 0.1) is 13.8 Å². The Morgan fingerprint density at radius 3 is 2.27 bits per heavy atom. The molecule has 0 aliphatic heterocycles. The Morgan fingerprint density at radius 2 is 1.63 bits per heavy atom. The summed E-state index contributed by atoms with van der Waals surface area (Å²) < 4.78 is 27.8. The SMILES string of the molecule is Cc1ccc(S(=O)(=O)N(CC(=O)NCc2ccccc2)c2ccc(C)c(Cl)c2)cc1. The van der Waals surface area contributed by atoms with E-state index in [1.165, 1.54) is 12.1 Å². The molecular formula is C23H23ClN2O3S. The third-order valence-electron chi connectivity index (χ3n) is 4.67. The summed E-state index contributed by atoms with van der Waals surface area (Å²) in [6, 6.07) is 20.9. The van der Waals surface area contributed by atoms with Gasteiger partial charge in [-0.05, 0) is 49.2 Å². The van der Waals surface area contributed by atoms with E-state index in [0.29, 0.717) is 17.3 Å². The first-order valence-electron chi connectivity index (χ1n) is 9.43. The van der Waals surface area contributed by atoms with Crippen molar-refractivity contribution in [1.29, 1.82) is 0 Å². The van der Waals surface area contributed by atoms with Crippen LogP contribution in [0.1, 0.15) is 16.7 Å². The zero-order valence-electron chi connectivity index (χ0n) is 16.8. The number of carbonyl (C=O) groups excluding carboxylic acids is 1. The predicted octanol–water partition coefficient (Wildman–Crippen LogP) is 4.47. The van der Waals surface area contributed by atoms with Gasteiger partial charge in [-0.15, -0.1) is 0 Å². The molecule has 0 bridgehead atoms. The molecule has 0 spiro atoms. The van der Waals surface area contributed by atoms with Crippen molar-refractivity contribution in [3.8, 4) is 0 Å². The molecule has 3 rings (SSSR count). The van der Waals surface area contributed by atoms with E-state index < -0.39 is 15.9 Å². The molecule has 0 unspecified atom stereocenters. The average molecular weight is 443 g/mol. The van der Waals surface area contributed by atoms with Crippen LogP contribution < -0.4 is 9.62 Å². The van der Waals surface area contributed by atoms with Gasteiger partial charge < -0.3 is 5.32 Å². The summed E-state index contributed by atoms with van der Waals surface area (Å²) in [5.41, 5.74) is 3.03. The number of rotatable bonds is 7. The summed E-state index contributed by atoms with van der Waals surface area (Å²) in [5.74, 6) is -0.411. The van der Waals surface area contributed by atoms with Crippen molar-refractivity contribution < 1.29 is 13.2 Å². The molecule has 0 fully saturated rings. The zero-order valence-corrected chi connectivity index (χ0v) is 18.4. The predicted molar refractivity (Wildman–Crippen MR) is 120 cm³/mol. The number of nitrogens with one attached hydrogen (secondary N) is 1. The van der Waals surface area contributed by atoms with Crippen molar-refractivity contribution in [3.63, 3.8) is 0 Å². The highest BCUT2D eigenvalue weighted by Gasteiger charge is 2.27. The number of hydrogen-bond acceptors (Lipinski definition) is 3. The van der Waals surface area contributed by atoms with Gasteiger partial charge in [-0.2, -0.15) is 0 Å². The highest BCUT2D eigenvalue weighted by atomic mass is 35.5. The molecule has 0 aliphatic carbocycles. The lowest BCUT2D eigenvalue weighted by Crippen LogP contribution is -2.40. The van der Waals surface area contributed by atoms with Crippen molar-refractivity contribution in [2.24, 2.45) is 0 Å². The molecule has 5 nitrogen and oxygen atoms in total. The summed E-state index contributed by atoms with van der Waals surface area (Å²) in [4.78, 5) is 12.7. The number of carbonyl (C=O) groups is 1. The molecule has 7 heteroatoms. The van der Waals surface area contributed by atoms with E-state index in [1.54, 1.807) is 30.3 Å². The van der Waals surface area contributed by atoms with Crippen LogP contribution in [0.4, 0.5) is 5.69 Å². The van der Waals surface area contributed by atoms with Crippen LogP contribution >= 0.6 is 11.6 Å². The van der Waals surface area contributed by atoms with Crippen molar-refractivity contribution in [1.82, 2.24) is 5.32 Å².